The predicted octanol–water partition coefficient (Wildman–Crippen LogP) is 4.03. The van der Waals surface area contributed by atoms with Crippen LogP contribution >= 0.6 is 23.1 Å². The van der Waals surface area contributed by atoms with Gasteiger partial charge in [0.25, 0.3) is 5.91 Å². The quantitative estimate of drug-likeness (QED) is 0.487. The zero-order chi connectivity index (χ0) is 22.7. The number of amides is 1. The summed E-state index contributed by atoms with van der Waals surface area (Å²) in [5.74, 6) is -0.0407. The summed E-state index contributed by atoms with van der Waals surface area (Å²) in [5.41, 5.74) is 1.59. The lowest BCUT2D eigenvalue weighted by Gasteiger charge is -2.34. The third-order valence-corrected chi connectivity index (χ3v) is 8.94. The molecule has 0 aliphatic carbocycles. The summed E-state index contributed by atoms with van der Waals surface area (Å²) in [6.07, 6.45) is 0. The first-order valence-corrected chi connectivity index (χ1v) is 13.3. The molecule has 1 amide bonds. The number of piperazine rings is 1. The number of carbonyl (C=O) groups excluding carboxylic acids is 1. The fourth-order valence-electron chi connectivity index (χ4n) is 3.47. The SMILES string of the molecule is Cc1nc(CSc2ccccc2C(=O)N2CCN(S(=O)(=O)c3cccc(F)c3)CC2)cs1. The zero-order valence-electron chi connectivity index (χ0n) is 17.4. The number of hydrogen-bond donors (Lipinski definition) is 0. The largest absolute Gasteiger partial charge is 0.336 e. The second kappa shape index (κ2) is 9.70. The number of thioether (sulfide) groups is 1. The number of halogens is 1. The number of aryl methyl sites for hydroxylation is 1. The van der Waals surface area contributed by atoms with E-state index in [4.69, 9.17) is 0 Å². The lowest BCUT2D eigenvalue weighted by molar-refractivity contribution is 0.0694. The Balaban J connectivity index is 1.42. The van der Waals surface area contributed by atoms with Gasteiger partial charge >= 0.3 is 0 Å². The van der Waals surface area contributed by atoms with Crippen molar-refractivity contribution in [2.45, 2.75) is 22.5 Å². The Morgan fingerprint density at radius 2 is 1.88 bits per heavy atom. The molecule has 2 aromatic carbocycles. The van der Waals surface area contributed by atoms with Gasteiger partial charge in [0.15, 0.2) is 0 Å². The number of aromatic nitrogens is 1. The van der Waals surface area contributed by atoms with Crippen molar-refractivity contribution in [3.63, 3.8) is 0 Å². The average molecular weight is 492 g/mol. The van der Waals surface area contributed by atoms with Crippen LogP contribution in [-0.4, -0.2) is 54.7 Å². The Labute approximate surface area is 195 Å². The molecule has 0 radical (unpaired) electrons. The topological polar surface area (TPSA) is 70.6 Å². The second-order valence-electron chi connectivity index (χ2n) is 7.30. The molecule has 4 rings (SSSR count). The minimum atomic E-state index is -3.80. The molecule has 0 bridgehead atoms. The van der Waals surface area contributed by atoms with E-state index in [-0.39, 0.29) is 37.0 Å². The molecule has 1 aromatic heterocycles. The van der Waals surface area contributed by atoms with Crippen molar-refractivity contribution in [3.05, 3.63) is 76.0 Å². The minimum absolute atomic E-state index is 0.0729. The molecule has 0 spiro atoms. The van der Waals surface area contributed by atoms with E-state index < -0.39 is 15.8 Å². The van der Waals surface area contributed by atoms with Crippen LogP contribution in [0, 0.1) is 12.7 Å². The molecule has 0 atom stereocenters. The van der Waals surface area contributed by atoms with Gasteiger partial charge in [0.1, 0.15) is 5.82 Å². The highest BCUT2D eigenvalue weighted by Gasteiger charge is 2.31. The molecule has 0 N–H and O–H groups in total. The lowest BCUT2D eigenvalue weighted by atomic mass is 10.2. The van der Waals surface area contributed by atoms with Crippen LogP contribution in [0.5, 0.6) is 0 Å². The molecule has 2 heterocycles. The molecule has 0 unspecified atom stereocenters. The molecule has 1 aliphatic heterocycles. The molecule has 1 aliphatic rings. The van der Waals surface area contributed by atoms with Crippen LogP contribution in [0.4, 0.5) is 4.39 Å². The highest BCUT2D eigenvalue weighted by molar-refractivity contribution is 7.98. The highest BCUT2D eigenvalue weighted by atomic mass is 32.2. The molecule has 168 valence electrons. The number of rotatable bonds is 6. The standard InChI is InChI=1S/C22H22FN3O3S3/c1-16-24-18(14-30-16)15-31-21-8-3-2-7-20(21)22(27)25-9-11-26(12-10-25)32(28,29)19-6-4-5-17(23)13-19/h2-8,13-14H,9-12,15H2,1H3. The summed E-state index contributed by atoms with van der Waals surface area (Å²) in [7, 11) is -3.80. The van der Waals surface area contributed by atoms with Crippen LogP contribution in [0.1, 0.15) is 21.1 Å². The van der Waals surface area contributed by atoms with Gasteiger partial charge in [0.05, 0.1) is 21.2 Å². The van der Waals surface area contributed by atoms with E-state index >= 15 is 0 Å². The van der Waals surface area contributed by atoms with Crippen molar-refractivity contribution in [2.24, 2.45) is 0 Å². The number of sulfonamides is 1. The van der Waals surface area contributed by atoms with Gasteiger partial charge in [-0.15, -0.1) is 23.1 Å². The maximum absolute atomic E-state index is 13.5. The van der Waals surface area contributed by atoms with Gasteiger partial charge in [-0.1, -0.05) is 18.2 Å². The molecule has 0 saturated carbocycles. The van der Waals surface area contributed by atoms with Gasteiger partial charge in [-0.05, 0) is 37.3 Å². The van der Waals surface area contributed by atoms with E-state index in [2.05, 4.69) is 4.98 Å². The molecule has 32 heavy (non-hydrogen) atoms. The van der Waals surface area contributed by atoms with Crippen molar-refractivity contribution >= 4 is 39.0 Å². The molecule has 3 aromatic rings. The van der Waals surface area contributed by atoms with Crippen molar-refractivity contribution in [1.82, 2.24) is 14.2 Å². The monoisotopic (exact) mass is 491 g/mol. The number of carbonyl (C=O) groups is 1. The van der Waals surface area contributed by atoms with Crippen LogP contribution < -0.4 is 0 Å². The third kappa shape index (κ3) is 5.03. The van der Waals surface area contributed by atoms with Gasteiger partial charge in [0, 0.05) is 42.2 Å². The molecular weight excluding hydrogens is 469 g/mol. The first-order valence-electron chi connectivity index (χ1n) is 10.0. The van der Waals surface area contributed by atoms with E-state index in [9.17, 15) is 17.6 Å². The van der Waals surface area contributed by atoms with E-state index in [0.29, 0.717) is 11.3 Å². The smallest absolute Gasteiger partial charge is 0.255 e. The number of thiazole rings is 1. The zero-order valence-corrected chi connectivity index (χ0v) is 19.9. The molecule has 1 fully saturated rings. The maximum atomic E-state index is 13.5. The highest BCUT2D eigenvalue weighted by Crippen LogP contribution is 2.28. The van der Waals surface area contributed by atoms with Crippen LogP contribution in [0.25, 0.3) is 0 Å². The average Bonchev–Trinajstić information content (AvgIpc) is 3.22. The van der Waals surface area contributed by atoms with Crippen LogP contribution in [0.15, 0.2) is 63.7 Å². The first kappa shape index (κ1) is 22.9. The van der Waals surface area contributed by atoms with Gasteiger partial charge in [0.2, 0.25) is 10.0 Å². The van der Waals surface area contributed by atoms with Crippen molar-refractivity contribution in [1.29, 1.82) is 0 Å². The first-order chi connectivity index (χ1) is 15.3. The van der Waals surface area contributed by atoms with Gasteiger partial charge in [-0.3, -0.25) is 4.79 Å². The summed E-state index contributed by atoms with van der Waals surface area (Å²) in [6, 6.07) is 12.4. The summed E-state index contributed by atoms with van der Waals surface area (Å²) in [6.45, 7) is 2.84. The lowest BCUT2D eigenvalue weighted by Crippen LogP contribution is -2.50. The summed E-state index contributed by atoms with van der Waals surface area (Å²) in [5, 5.41) is 3.03. The van der Waals surface area contributed by atoms with E-state index in [1.807, 2.05) is 30.5 Å². The van der Waals surface area contributed by atoms with Crippen LogP contribution in [-0.2, 0) is 15.8 Å². The Kier molecular flexibility index (Phi) is 6.94. The van der Waals surface area contributed by atoms with Crippen LogP contribution in [0.3, 0.4) is 0 Å². The van der Waals surface area contributed by atoms with Crippen molar-refractivity contribution < 1.29 is 17.6 Å². The predicted molar refractivity (Wildman–Crippen MR) is 124 cm³/mol. The van der Waals surface area contributed by atoms with E-state index in [1.54, 1.807) is 34.1 Å². The molecule has 10 heteroatoms. The van der Waals surface area contributed by atoms with Crippen LogP contribution in [0.2, 0.25) is 0 Å². The Bertz CT molecular complexity index is 1220. The Morgan fingerprint density at radius 1 is 1.12 bits per heavy atom. The second-order valence-corrected chi connectivity index (χ2v) is 11.3. The Morgan fingerprint density at radius 3 is 2.56 bits per heavy atom. The third-order valence-electron chi connectivity index (χ3n) is 5.12. The van der Waals surface area contributed by atoms with Gasteiger partial charge in [-0.2, -0.15) is 4.31 Å². The molecular formula is C22H22FN3O3S3. The summed E-state index contributed by atoms with van der Waals surface area (Å²) < 4.78 is 40.4. The fraction of sp³-hybridized carbons (Fsp3) is 0.273. The van der Waals surface area contributed by atoms with E-state index in [1.165, 1.54) is 22.5 Å². The number of nitrogens with zero attached hydrogens (tertiary/aromatic N) is 3. The summed E-state index contributed by atoms with van der Waals surface area (Å²) >= 11 is 3.16. The summed E-state index contributed by atoms with van der Waals surface area (Å²) in [4.78, 5) is 20.1. The van der Waals surface area contributed by atoms with Gasteiger partial charge in [-0.25, -0.2) is 17.8 Å². The maximum Gasteiger partial charge on any atom is 0.255 e. The molecule has 1 saturated heterocycles. The minimum Gasteiger partial charge on any atom is -0.336 e. The number of hydrogen-bond acceptors (Lipinski definition) is 6. The van der Waals surface area contributed by atoms with Crippen molar-refractivity contribution in [2.75, 3.05) is 26.2 Å². The fourth-order valence-corrected chi connectivity index (χ4v) is 6.58. The normalized spacial score (nSPS) is 15.1. The van der Waals surface area contributed by atoms with Gasteiger partial charge < -0.3 is 4.90 Å². The molecule has 6 nitrogen and oxygen atoms in total. The van der Waals surface area contributed by atoms with E-state index in [0.717, 1.165) is 21.7 Å². The van der Waals surface area contributed by atoms with Crippen molar-refractivity contribution in [3.8, 4) is 0 Å². The number of benzene rings is 2. The Hall–Kier alpha value is -2.27.